The lowest BCUT2D eigenvalue weighted by Gasteiger charge is -1.99. The molecule has 10 heavy (non-hydrogen) atoms. The molecule has 0 spiro atoms. The smallest absolute Gasteiger partial charge is 0.0798 e. The van der Waals surface area contributed by atoms with Gasteiger partial charge in [-0.2, -0.15) is 0 Å². The highest BCUT2D eigenvalue weighted by molar-refractivity contribution is 7.09. The van der Waals surface area contributed by atoms with E-state index in [1.54, 1.807) is 11.3 Å². The number of hydrogen-bond acceptors (Lipinski definition) is 3. The fourth-order valence-corrected chi connectivity index (χ4v) is 1.51. The molecule has 0 fully saturated rings. The first-order valence-electron chi connectivity index (χ1n) is 2.87. The molecule has 2 N–H and O–H groups in total. The molecule has 0 saturated carbocycles. The van der Waals surface area contributed by atoms with Crippen LogP contribution in [0.2, 0.25) is 0 Å². The average molecular weight is 179 g/mol. The minimum Gasteiger partial charge on any atom is -0.323 e. The Kier molecular flexibility index (Phi) is 3.86. The van der Waals surface area contributed by atoms with Crippen LogP contribution in [0.3, 0.4) is 0 Å². The van der Waals surface area contributed by atoms with Crippen LogP contribution in [0.5, 0.6) is 0 Å². The van der Waals surface area contributed by atoms with Crippen LogP contribution < -0.4 is 5.73 Å². The Labute approximate surface area is 70.9 Å². The predicted octanol–water partition coefficient (Wildman–Crippen LogP) is 1.89. The van der Waals surface area contributed by atoms with Gasteiger partial charge in [0, 0.05) is 10.9 Å². The molecule has 1 rings (SSSR count). The standard InChI is InChI=1S/C6H10N2S.ClH/c1-4(7)6-5(2)8-3-9-6;/h3-4H,7H2,1-2H3;1H. The van der Waals surface area contributed by atoms with Crippen LogP contribution in [0.1, 0.15) is 23.5 Å². The number of aromatic nitrogens is 1. The predicted molar refractivity (Wildman–Crippen MR) is 46.7 cm³/mol. The maximum Gasteiger partial charge on any atom is 0.0798 e. The van der Waals surface area contributed by atoms with Gasteiger partial charge in [0.25, 0.3) is 0 Å². The molecule has 0 aliphatic heterocycles. The minimum absolute atomic E-state index is 0. The van der Waals surface area contributed by atoms with Crippen LogP contribution in [-0.4, -0.2) is 4.98 Å². The van der Waals surface area contributed by atoms with Gasteiger partial charge in [0.05, 0.1) is 11.2 Å². The Morgan fingerprint density at radius 2 is 2.30 bits per heavy atom. The third kappa shape index (κ3) is 1.94. The highest BCUT2D eigenvalue weighted by Gasteiger charge is 2.04. The Morgan fingerprint density at radius 1 is 1.70 bits per heavy atom. The van der Waals surface area contributed by atoms with Crippen LogP contribution >= 0.6 is 23.7 Å². The van der Waals surface area contributed by atoms with Crippen LogP contribution in [0.25, 0.3) is 0 Å². The Bertz CT molecular complexity index is 197. The van der Waals surface area contributed by atoms with Gasteiger partial charge in [0.15, 0.2) is 0 Å². The van der Waals surface area contributed by atoms with Crippen molar-refractivity contribution in [1.82, 2.24) is 4.98 Å². The van der Waals surface area contributed by atoms with E-state index in [0.717, 1.165) is 5.69 Å². The second-order valence-electron chi connectivity index (χ2n) is 2.09. The first-order valence-corrected chi connectivity index (χ1v) is 3.75. The fourth-order valence-electron chi connectivity index (χ4n) is 0.748. The van der Waals surface area contributed by atoms with Crippen molar-refractivity contribution in [3.05, 3.63) is 16.1 Å². The van der Waals surface area contributed by atoms with Crippen LogP contribution in [0.4, 0.5) is 0 Å². The van der Waals surface area contributed by atoms with Gasteiger partial charge in [-0.3, -0.25) is 0 Å². The van der Waals surface area contributed by atoms with E-state index in [2.05, 4.69) is 4.98 Å². The summed E-state index contributed by atoms with van der Waals surface area (Å²) in [6, 6.07) is 0.137. The molecule has 4 heteroatoms. The van der Waals surface area contributed by atoms with Crippen molar-refractivity contribution in [2.45, 2.75) is 19.9 Å². The highest BCUT2D eigenvalue weighted by atomic mass is 35.5. The lowest BCUT2D eigenvalue weighted by Crippen LogP contribution is -2.03. The highest BCUT2D eigenvalue weighted by Crippen LogP contribution is 2.18. The van der Waals surface area contributed by atoms with Crippen molar-refractivity contribution in [2.24, 2.45) is 5.73 Å². The van der Waals surface area contributed by atoms with Crippen molar-refractivity contribution in [3.8, 4) is 0 Å². The monoisotopic (exact) mass is 178 g/mol. The molecule has 0 bridgehead atoms. The number of aryl methyl sites for hydroxylation is 1. The van der Waals surface area contributed by atoms with E-state index in [0.29, 0.717) is 0 Å². The number of halogens is 1. The second kappa shape index (κ2) is 3.91. The minimum atomic E-state index is 0. The van der Waals surface area contributed by atoms with E-state index < -0.39 is 0 Å². The molecular formula is C6H11ClN2S. The molecule has 0 radical (unpaired) electrons. The molecule has 1 heterocycles. The summed E-state index contributed by atoms with van der Waals surface area (Å²) < 4.78 is 0. The molecule has 0 amide bonds. The van der Waals surface area contributed by atoms with Crippen molar-refractivity contribution < 1.29 is 0 Å². The normalized spacial score (nSPS) is 12.3. The summed E-state index contributed by atoms with van der Waals surface area (Å²) in [5.74, 6) is 0. The lowest BCUT2D eigenvalue weighted by atomic mass is 10.2. The molecule has 0 saturated heterocycles. The number of nitrogens with zero attached hydrogens (tertiary/aromatic N) is 1. The van der Waals surface area contributed by atoms with Gasteiger partial charge >= 0.3 is 0 Å². The summed E-state index contributed by atoms with van der Waals surface area (Å²) >= 11 is 1.62. The van der Waals surface area contributed by atoms with Crippen molar-refractivity contribution in [3.63, 3.8) is 0 Å². The van der Waals surface area contributed by atoms with Gasteiger partial charge in [-0.25, -0.2) is 4.98 Å². The second-order valence-corrected chi connectivity index (χ2v) is 2.98. The van der Waals surface area contributed by atoms with E-state index >= 15 is 0 Å². The van der Waals surface area contributed by atoms with Crippen LogP contribution in [-0.2, 0) is 0 Å². The molecule has 0 aliphatic rings. The summed E-state index contributed by atoms with van der Waals surface area (Å²) in [7, 11) is 0. The van der Waals surface area contributed by atoms with E-state index in [1.165, 1.54) is 4.88 Å². The molecule has 1 unspecified atom stereocenters. The third-order valence-electron chi connectivity index (χ3n) is 1.20. The fraction of sp³-hybridized carbons (Fsp3) is 0.500. The third-order valence-corrected chi connectivity index (χ3v) is 2.33. The Balaban J connectivity index is 0.000000810. The average Bonchev–Trinajstić information content (AvgIpc) is 2.13. The van der Waals surface area contributed by atoms with Crippen molar-refractivity contribution in [2.75, 3.05) is 0 Å². The SMILES string of the molecule is Cc1ncsc1C(C)N.Cl. The van der Waals surface area contributed by atoms with E-state index in [4.69, 9.17) is 5.73 Å². The summed E-state index contributed by atoms with van der Waals surface area (Å²) in [5, 5.41) is 0. The number of nitrogens with two attached hydrogens (primary N) is 1. The lowest BCUT2D eigenvalue weighted by molar-refractivity contribution is 0.825. The van der Waals surface area contributed by atoms with Crippen LogP contribution in [0, 0.1) is 6.92 Å². The van der Waals surface area contributed by atoms with E-state index in [-0.39, 0.29) is 18.4 Å². The van der Waals surface area contributed by atoms with Gasteiger partial charge in [0.2, 0.25) is 0 Å². The topological polar surface area (TPSA) is 38.9 Å². The molecule has 1 aromatic rings. The van der Waals surface area contributed by atoms with Gasteiger partial charge in [-0.15, -0.1) is 23.7 Å². The molecule has 0 aliphatic carbocycles. The maximum absolute atomic E-state index is 5.63. The Hall–Kier alpha value is -0.120. The van der Waals surface area contributed by atoms with E-state index in [9.17, 15) is 0 Å². The zero-order valence-corrected chi connectivity index (χ0v) is 7.63. The number of hydrogen-bond donors (Lipinski definition) is 1. The van der Waals surface area contributed by atoms with Gasteiger partial charge in [-0.1, -0.05) is 0 Å². The van der Waals surface area contributed by atoms with Crippen molar-refractivity contribution >= 4 is 23.7 Å². The largest absolute Gasteiger partial charge is 0.323 e. The summed E-state index contributed by atoms with van der Waals surface area (Å²) in [6.45, 7) is 3.95. The summed E-state index contributed by atoms with van der Waals surface area (Å²) in [5.41, 5.74) is 8.52. The first kappa shape index (κ1) is 9.88. The molecular weight excluding hydrogens is 168 g/mol. The molecule has 0 aromatic carbocycles. The number of thiazole rings is 1. The summed E-state index contributed by atoms with van der Waals surface area (Å²) in [4.78, 5) is 5.27. The number of rotatable bonds is 1. The summed E-state index contributed by atoms with van der Waals surface area (Å²) in [6.07, 6.45) is 0. The van der Waals surface area contributed by atoms with Gasteiger partial charge in [0.1, 0.15) is 0 Å². The molecule has 1 atom stereocenters. The van der Waals surface area contributed by atoms with Crippen LogP contribution in [0.15, 0.2) is 5.51 Å². The molecule has 1 aromatic heterocycles. The van der Waals surface area contributed by atoms with Gasteiger partial charge in [-0.05, 0) is 13.8 Å². The zero-order chi connectivity index (χ0) is 6.85. The molecule has 2 nitrogen and oxygen atoms in total. The maximum atomic E-state index is 5.63. The molecule has 58 valence electrons. The zero-order valence-electron chi connectivity index (χ0n) is 6.00. The van der Waals surface area contributed by atoms with Crippen molar-refractivity contribution in [1.29, 1.82) is 0 Å². The quantitative estimate of drug-likeness (QED) is 0.714. The Morgan fingerprint density at radius 3 is 2.50 bits per heavy atom. The van der Waals surface area contributed by atoms with E-state index in [1.807, 2.05) is 19.4 Å². The first-order chi connectivity index (χ1) is 4.22. The van der Waals surface area contributed by atoms with Gasteiger partial charge < -0.3 is 5.73 Å².